The van der Waals surface area contributed by atoms with Crippen molar-refractivity contribution in [3.63, 3.8) is 0 Å². The molecule has 4 atom stereocenters. The van der Waals surface area contributed by atoms with Crippen molar-refractivity contribution in [1.82, 2.24) is 10.3 Å². The molecule has 2 saturated heterocycles. The van der Waals surface area contributed by atoms with Gasteiger partial charge in [0, 0.05) is 40.5 Å². The van der Waals surface area contributed by atoms with Crippen molar-refractivity contribution >= 4 is 40.0 Å². The summed E-state index contributed by atoms with van der Waals surface area (Å²) in [5, 5.41) is 7.58. The van der Waals surface area contributed by atoms with Crippen LogP contribution in [0.3, 0.4) is 0 Å². The molecule has 0 aliphatic carbocycles. The van der Waals surface area contributed by atoms with Gasteiger partial charge in [-0.25, -0.2) is 4.90 Å². The predicted octanol–water partition coefficient (Wildman–Crippen LogP) is 3.42. The molecule has 0 saturated carbocycles. The summed E-state index contributed by atoms with van der Waals surface area (Å²) in [6, 6.07) is 18.3. The summed E-state index contributed by atoms with van der Waals surface area (Å²) >= 11 is 0. The lowest BCUT2D eigenvalue weighted by Gasteiger charge is -2.30. The number of carbonyl (C=O) groups excluding carboxylic acids is 3. The lowest BCUT2D eigenvalue weighted by molar-refractivity contribution is -0.130. The lowest BCUT2D eigenvalue weighted by atomic mass is 9.76. The van der Waals surface area contributed by atoms with Crippen LogP contribution in [0.2, 0.25) is 0 Å². The zero-order valence-corrected chi connectivity index (χ0v) is 21.7. The van der Waals surface area contributed by atoms with E-state index in [1.165, 1.54) is 4.90 Å². The molecule has 0 radical (unpaired) electrons. The number of H-pyrrole nitrogens is 1. The average Bonchev–Trinajstić information content (AvgIpc) is 3.67. The molecule has 4 aliphatic heterocycles. The van der Waals surface area contributed by atoms with Gasteiger partial charge in [-0.3, -0.25) is 19.7 Å². The zero-order valence-electron chi connectivity index (χ0n) is 21.7. The van der Waals surface area contributed by atoms with Gasteiger partial charge in [0.15, 0.2) is 11.5 Å². The fourth-order valence-corrected chi connectivity index (χ4v) is 7.05. The molecule has 0 bridgehead atoms. The number of aromatic amines is 1. The van der Waals surface area contributed by atoms with E-state index in [1.807, 2.05) is 55.6 Å². The van der Waals surface area contributed by atoms with Gasteiger partial charge in [0.25, 0.3) is 0 Å². The highest BCUT2D eigenvalue weighted by Crippen LogP contribution is 2.54. The van der Waals surface area contributed by atoms with Crippen molar-refractivity contribution in [2.24, 2.45) is 11.8 Å². The first-order chi connectivity index (χ1) is 19.5. The van der Waals surface area contributed by atoms with Gasteiger partial charge >= 0.3 is 0 Å². The van der Waals surface area contributed by atoms with Crippen molar-refractivity contribution < 1.29 is 23.9 Å². The number of benzene rings is 3. The van der Waals surface area contributed by atoms with Gasteiger partial charge in [-0.2, -0.15) is 0 Å². The number of nitrogens with one attached hydrogen (secondary N) is 3. The van der Waals surface area contributed by atoms with Gasteiger partial charge in [0.2, 0.25) is 17.7 Å². The molecule has 9 heteroatoms. The third kappa shape index (κ3) is 3.03. The second-order valence-corrected chi connectivity index (χ2v) is 11.0. The summed E-state index contributed by atoms with van der Waals surface area (Å²) in [4.78, 5) is 47.0. The molecule has 4 aliphatic rings. The minimum Gasteiger partial charge on any atom is -0.486 e. The standard InChI is InChI=1S/C31H26N4O5/c1-16-6-8-22-20(12-16)31(30(38)33-22)27-26(23(34-31)13-17-15-32-21-5-3-2-4-19(17)21)28(36)35(29(27)37)18-7-9-24-25(14-18)40-11-10-39-24/h2-9,12,14-15,23,26-27,32,34H,10-11,13H2,1H3,(H,33,38)/t23-,26-,27+,31+/m1/s1. The van der Waals surface area contributed by atoms with Crippen LogP contribution in [0, 0.1) is 18.8 Å². The second-order valence-electron chi connectivity index (χ2n) is 11.0. The highest BCUT2D eigenvalue weighted by Gasteiger charge is 2.70. The number of hydrogen-bond acceptors (Lipinski definition) is 6. The molecule has 5 heterocycles. The molecular weight excluding hydrogens is 508 g/mol. The van der Waals surface area contributed by atoms with Gasteiger partial charge in [0.1, 0.15) is 18.8 Å². The van der Waals surface area contributed by atoms with Gasteiger partial charge in [-0.1, -0.05) is 35.9 Å². The Morgan fingerprint density at radius 3 is 2.65 bits per heavy atom. The van der Waals surface area contributed by atoms with Crippen molar-refractivity contribution in [3.8, 4) is 11.5 Å². The van der Waals surface area contributed by atoms with E-state index < -0.39 is 29.3 Å². The molecule has 2 fully saturated rings. The molecule has 3 aromatic carbocycles. The van der Waals surface area contributed by atoms with E-state index in [4.69, 9.17) is 9.47 Å². The Morgan fingerprint density at radius 2 is 1.77 bits per heavy atom. The molecule has 3 N–H and O–H groups in total. The zero-order chi connectivity index (χ0) is 27.2. The average molecular weight is 535 g/mol. The van der Waals surface area contributed by atoms with Crippen molar-refractivity contribution in [2.75, 3.05) is 23.4 Å². The number of aryl methyl sites for hydroxylation is 1. The first-order valence-electron chi connectivity index (χ1n) is 13.5. The smallest absolute Gasteiger partial charge is 0.250 e. The van der Waals surface area contributed by atoms with Crippen molar-refractivity contribution in [1.29, 1.82) is 0 Å². The summed E-state index contributed by atoms with van der Waals surface area (Å²) in [5.41, 5.74) is 3.40. The van der Waals surface area contributed by atoms with Gasteiger partial charge < -0.3 is 19.8 Å². The maximum atomic E-state index is 14.3. The number of fused-ring (bicyclic) bond motifs is 6. The minimum atomic E-state index is -1.36. The van der Waals surface area contributed by atoms with Crippen LogP contribution in [0.5, 0.6) is 11.5 Å². The van der Waals surface area contributed by atoms with E-state index in [-0.39, 0.29) is 11.8 Å². The highest BCUT2D eigenvalue weighted by molar-refractivity contribution is 6.26. The van der Waals surface area contributed by atoms with Gasteiger partial charge in [0.05, 0.1) is 17.5 Å². The molecule has 200 valence electrons. The second kappa shape index (κ2) is 8.19. The number of amides is 3. The number of anilines is 2. The van der Waals surface area contributed by atoms with E-state index >= 15 is 0 Å². The van der Waals surface area contributed by atoms with Crippen LogP contribution < -0.4 is 25.0 Å². The van der Waals surface area contributed by atoms with E-state index in [0.29, 0.717) is 48.1 Å². The third-order valence-electron chi connectivity index (χ3n) is 8.77. The summed E-state index contributed by atoms with van der Waals surface area (Å²) < 4.78 is 11.4. The molecule has 3 amide bonds. The van der Waals surface area contributed by atoms with E-state index in [2.05, 4.69) is 15.6 Å². The maximum Gasteiger partial charge on any atom is 0.250 e. The maximum absolute atomic E-state index is 14.3. The summed E-state index contributed by atoms with van der Waals surface area (Å²) in [5.74, 6) is -1.62. The molecule has 0 unspecified atom stereocenters. The molecule has 9 nitrogen and oxygen atoms in total. The van der Waals surface area contributed by atoms with Crippen LogP contribution in [0.4, 0.5) is 11.4 Å². The monoisotopic (exact) mass is 534 g/mol. The predicted molar refractivity (Wildman–Crippen MR) is 147 cm³/mol. The van der Waals surface area contributed by atoms with Gasteiger partial charge in [-0.15, -0.1) is 0 Å². The summed E-state index contributed by atoms with van der Waals surface area (Å²) in [6.45, 7) is 2.78. The van der Waals surface area contributed by atoms with E-state index in [0.717, 1.165) is 22.0 Å². The number of para-hydroxylation sites is 1. The number of ether oxygens (including phenoxy) is 2. The Balaban J connectivity index is 1.27. The topological polar surface area (TPSA) is 113 Å². The van der Waals surface area contributed by atoms with Gasteiger partial charge in [-0.05, 0) is 43.2 Å². The first-order valence-corrected chi connectivity index (χ1v) is 13.5. The van der Waals surface area contributed by atoms with Crippen LogP contribution in [0.15, 0.2) is 66.9 Å². The molecule has 1 spiro atoms. The number of nitrogens with zero attached hydrogens (tertiary/aromatic N) is 1. The van der Waals surface area contributed by atoms with Crippen molar-refractivity contribution in [2.45, 2.75) is 24.9 Å². The van der Waals surface area contributed by atoms with E-state index in [1.54, 1.807) is 18.2 Å². The van der Waals surface area contributed by atoms with Crippen LogP contribution in [0.1, 0.15) is 16.7 Å². The SMILES string of the molecule is Cc1ccc2c(c1)[C@@]1(N[C@H](Cc3c[nH]c4ccccc34)[C@H]3C(=O)N(c4ccc5c(c4)OCCO5)C(=O)[C@H]31)C(=O)N2. The van der Waals surface area contributed by atoms with Crippen LogP contribution in [-0.4, -0.2) is 42.0 Å². The first kappa shape index (κ1) is 23.3. The third-order valence-corrected chi connectivity index (χ3v) is 8.77. The number of imide groups is 1. The molecular formula is C31H26N4O5. The van der Waals surface area contributed by atoms with Crippen LogP contribution >= 0.6 is 0 Å². The molecule has 40 heavy (non-hydrogen) atoms. The molecule has 1 aromatic heterocycles. The van der Waals surface area contributed by atoms with Crippen molar-refractivity contribution in [3.05, 3.63) is 83.6 Å². The Hall–Kier alpha value is -4.63. The minimum absolute atomic E-state index is 0.310. The lowest BCUT2D eigenvalue weighted by Crippen LogP contribution is -2.53. The van der Waals surface area contributed by atoms with Crippen LogP contribution in [-0.2, 0) is 26.3 Å². The number of aromatic nitrogens is 1. The fourth-order valence-electron chi connectivity index (χ4n) is 7.05. The normalized spacial score (nSPS) is 26.5. The van der Waals surface area contributed by atoms with E-state index in [9.17, 15) is 14.4 Å². The Bertz CT molecular complexity index is 1760. The number of rotatable bonds is 3. The quantitative estimate of drug-likeness (QED) is 0.347. The summed E-state index contributed by atoms with van der Waals surface area (Å²) in [6.07, 6.45) is 2.41. The van der Waals surface area contributed by atoms with Crippen LogP contribution in [0.25, 0.3) is 10.9 Å². The highest BCUT2D eigenvalue weighted by atomic mass is 16.6. The Morgan fingerprint density at radius 1 is 0.950 bits per heavy atom. The largest absolute Gasteiger partial charge is 0.486 e. The molecule has 4 aromatic rings. The number of hydrogen-bond donors (Lipinski definition) is 3. The molecule has 8 rings (SSSR count). The fraction of sp³-hybridized carbons (Fsp3) is 0.258. The summed E-state index contributed by atoms with van der Waals surface area (Å²) in [7, 11) is 0. The number of carbonyl (C=O) groups is 3. The Kier molecular flexibility index (Phi) is 4.76. The Labute approximate surface area is 229 Å².